The second-order valence-corrected chi connectivity index (χ2v) is 8.83. The first-order chi connectivity index (χ1) is 15.6. The van der Waals surface area contributed by atoms with Crippen molar-refractivity contribution in [1.29, 1.82) is 0 Å². The van der Waals surface area contributed by atoms with Gasteiger partial charge in [-0.3, -0.25) is 9.59 Å². The molecule has 0 N–H and O–H groups in total. The summed E-state index contributed by atoms with van der Waals surface area (Å²) < 4.78 is 5.39. The van der Waals surface area contributed by atoms with Crippen molar-refractivity contribution in [2.75, 3.05) is 19.9 Å². The number of carbonyl (C=O) groups excluding carboxylic acids is 2. The zero-order chi connectivity index (χ0) is 22.5. The summed E-state index contributed by atoms with van der Waals surface area (Å²) in [5, 5.41) is -0.0434. The van der Waals surface area contributed by atoms with Gasteiger partial charge in [0.2, 0.25) is 5.91 Å². The first-order valence-electron chi connectivity index (χ1n) is 10.5. The number of rotatable bonds is 7. The summed E-state index contributed by atoms with van der Waals surface area (Å²) in [5.41, 5.74) is 3.72. The molecular weight excluding hydrogens is 420 g/mol. The highest BCUT2D eigenvalue weighted by molar-refractivity contribution is 8.00. The van der Waals surface area contributed by atoms with Crippen molar-refractivity contribution >= 4 is 23.6 Å². The molecule has 0 aliphatic carbocycles. The standard InChI is InChI=1S/C26H26N2O3S/c1-27(17-22-10-6-7-11-23(22)31-2)25(30)20-12-14-21(15-13-20)26-28(24(29)18-32-26)16-19-8-4-3-5-9-19/h3-15,26H,16-18H2,1-2H3/t26-/m0/s1. The molecule has 1 atom stereocenters. The Kier molecular flexibility index (Phi) is 6.81. The van der Waals surface area contributed by atoms with Gasteiger partial charge in [0.25, 0.3) is 5.91 Å². The first kappa shape index (κ1) is 22.0. The largest absolute Gasteiger partial charge is 0.496 e. The Morgan fingerprint density at radius 2 is 1.72 bits per heavy atom. The van der Waals surface area contributed by atoms with Gasteiger partial charge in [0.05, 0.1) is 12.9 Å². The molecule has 4 rings (SSSR count). The van der Waals surface area contributed by atoms with Crippen molar-refractivity contribution < 1.29 is 14.3 Å². The zero-order valence-corrected chi connectivity index (χ0v) is 19.0. The minimum absolute atomic E-state index is 0.0434. The van der Waals surface area contributed by atoms with Crippen LogP contribution in [0.2, 0.25) is 0 Å². The molecule has 0 unspecified atom stereocenters. The van der Waals surface area contributed by atoms with Crippen LogP contribution in [0.4, 0.5) is 0 Å². The summed E-state index contributed by atoms with van der Waals surface area (Å²) in [6, 6.07) is 25.3. The second kappa shape index (κ2) is 9.92. The number of nitrogens with zero attached hydrogens (tertiary/aromatic N) is 2. The van der Waals surface area contributed by atoms with E-state index in [1.807, 2.05) is 83.8 Å². The number of ether oxygens (including phenoxy) is 1. The summed E-state index contributed by atoms with van der Waals surface area (Å²) in [6.45, 7) is 1.04. The smallest absolute Gasteiger partial charge is 0.253 e. The average Bonchev–Trinajstić information content (AvgIpc) is 3.19. The van der Waals surface area contributed by atoms with E-state index in [0.717, 1.165) is 22.4 Å². The average molecular weight is 447 g/mol. The normalized spacial score (nSPS) is 15.6. The number of carbonyl (C=O) groups is 2. The predicted molar refractivity (Wildman–Crippen MR) is 127 cm³/mol. The number of benzene rings is 3. The highest BCUT2D eigenvalue weighted by Crippen LogP contribution is 2.39. The fourth-order valence-electron chi connectivity index (χ4n) is 3.85. The fraction of sp³-hybridized carbons (Fsp3) is 0.231. The van der Waals surface area contributed by atoms with Crippen LogP contribution >= 0.6 is 11.8 Å². The number of amides is 2. The molecule has 0 spiro atoms. The van der Waals surface area contributed by atoms with Crippen molar-refractivity contribution in [2.45, 2.75) is 18.5 Å². The van der Waals surface area contributed by atoms with E-state index in [9.17, 15) is 9.59 Å². The lowest BCUT2D eigenvalue weighted by Gasteiger charge is -2.25. The Balaban J connectivity index is 1.46. The molecule has 0 aromatic heterocycles. The van der Waals surface area contributed by atoms with Crippen molar-refractivity contribution in [2.24, 2.45) is 0 Å². The number of hydrogen-bond acceptors (Lipinski definition) is 4. The lowest BCUT2D eigenvalue weighted by Crippen LogP contribution is -2.28. The SMILES string of the molecule is COc1ccccc1CN(C)C(=O)c1ccc([C@@H]2SCC(=O)N2Cc2ccccc2)cc1. The lowest BCUT2D eigenvalue weighted by atomic mass is 10.1. The molecule has 32 heavy (non-hydrogen) atoms. The van der Waals surface area contributed by atoms with Crippen molar-refractivity contribution in [3.8, 4) is 5.75 Å². The maximum absolute atomic E-state index is 13.0. The molecule has 6 heteroatoms. The van der Waals surface area contributed by atoms with Crippen molar-refractivity contribution in [1.82, 2.24) is 9.80 Å². The van der Waals surface area contributed by atoms with Crippen LogP contribution in [0, 0.1) is 0 Å². The van der Waals surface area contributed by atoms with Crippen LogP contribution in [0.1, 0.15) is 32.4 Å². The molecule has 1 fully saturated rings. The molecule has 1 saturated heterocycles. The Bertz CT molecular complexity index is 1090. The molecular formula is C26H26N2O3S. The third kappa shape index (κ3) is 4.81. The predicted octanol–water partition coefficient (Wildman–Crippen LogP) is 4.74. The molecule has 1 aliphatic rings. The highest BCUT2D eigenvalue weighted by Gasteiger charge is 2.32. The molecule has 0 radical (unpaired) electrons. The summed E-state index contributed by atoms with van der Waals surface area (Å²) in [6.07, 6.45) is 0. The van der Waals surface area contributed by atoms with Gasteiger partial charge in [-0.15, -0.1) is 11.8 Å². The van der Waals surface area contributed by atoms with E-state index in [1.165, 1.54) is 0 Å². The maximum Gasteiger partial charge on any atom is 0.253 e. The van der Waals surface area contributed by atoms with Gasteiger partial charge < -0.3 is 14.5 Å². The summed E-state index contributed by atoms with van der Waals surface area (Å²) in [4.78, 5) is 29.0. The maximum atomic E-state index is 13.0. The molecule has 2 amide bonds. The molecule has 164 valence electrons. The van der Waals surface area contributed by atoms with Crippen LogP contribution in [0.15, 0.2) is 78.9 Å². The fourth-order valence-corrected chi connectivity index (χ4v) is 5.04. The van der Waals surface area contributed by atoms with Gasteiger partial charge >= 0.3 is 0 Å². The number of hydrogen-bond donors (Lipinski definition) is 0. The zero-order valence-electron chi connectivity index (χ0n) is 18.2. The van der Waals surface area contributed by atoms with Crippen LogP contribution in [0.3, 0.4) is 0 Å². The second-order valence-electron chi connectivity index (χ2n) is 7.77. The third-order valence-corrected chi connectivity index (χ3v) is 6.81. The molecule has 3 aromatic carbocycles. The topological polar surface area (TPSA) is 49.9 Å². The van der Waals surface area contributed by atoms with Crippen LogP contribution in [0.5, 0.6) is 5.75 Å². The molecule has 3 aromatic rings. The van der Waals surface area contributed by atoms with E-state index in [2.05, 4.69) is 0 Å². The minimum atomic E-state index is -0.0567. The summed E-state index contributed by atoms with van der Waals surface area (Å²) in [7, 11) is 3.42. The Morgan fingerprint density at radius 1 is 1.03 bits per heavy atom. The van der Waals surface area contributed by atoms with Crippen LogP contribution < -0.4 is 4.74 Å². The van der Waals surface area contributed by atoms with Gasteiger partial charge in [-0.1, -0.05) is 60.7 Å². The van der Waals surface area contributed by atoms with Crippen LogP contribution in [-0.2, 0) is 17.9 Å². The molecule has 0 bridgehead atoms. The van der Waals surface area contributed by atoms with Crippen LogP contribution in [-0.4, -0.2) is 41.5 Å². The Hall–Kier alpha value is -3.25. The highest BCUT2D eigenvalue weighted by atomic mass is 32.2. The Labute approximate surface area is 193 Å². The van der Waals surface area contributed by atoms with E-state index < -0.39 is 0 Å². The van der Waals surface area contributed by atoms with E-state index >= 15 is 0 Å². The molecule has 0 saturated carbocycles. The lowest BCUT2D eigenvalue weighted by molar-refractivity contribution is -0.128. The van der Waals surface area contributed by atoms with Gasteiger partial charge in [-0.25, -0.2) is 0 Å². The summed E-state index contributed by atoms with van der Waals surface area (Å²) >= 11 is 1.62. The third-order valence-electron chi connectivity index (χ3n) is 5.55. The summed E-state index contributed by atoms with van der Waals surface area (Å²) in [5.74, 6) is 1.32. The number of methoxy groups -OCH3 is 1. The Morgan fingerprint density at radius 3 is 2.44 bits per heavy atom. The minimum Gasteiger partial charge on any atom is -0.496 e. The monoisotopic (exact) mass is 446 g/mol. The van der Waals surface area contributed by atoms with E-state index in [0.29, 0.717) is 24.4 Å². The van der Waals surface area contributed by atoms with Gasteiger partial charge in [0, 0.05) is 31.3 Å². The van der Waals surface area contributed by atoms with Gasteiger partial charge in [-0.2, -0.15) is 0 Å². The molecule has 1 heterocycles. The van der Waals surface area contributed by atoms with Crippen molar-refractivity contribution in [3.63, 3.8) is 0 Å². The van der Waals surface area contributed by atoms with Gasteiger partial charge in [0.15, 0.2) is 0 Å². The van der Waals surface area contributed by atoms with E-state index in [-0.39, 0.29) is 17.2 Å². The first-order valence-corrected chi connectivity index (χ1v) is 11.5. The molecule has 1 aliphatic heterocycles. The van der Waals surface area contributed by atoms with E-state index in [4.69, 9.17) is 4.74 Å². The van der Waals surface area contributed by atoms with Crippen LogP contribution in [0.25, 0.3) is 0 Å². The van der Waals surface area contributed by atoms with Gasteiger partial charge in [-0.05, 0) is 29.3 Å². The van der Waals surface area contributed by atoms with Crippen molar-refractivity contribution in [3.05, 3.63) is 101 Å². The quantitative estimate of drug-likeness (QED) is 0.526. The number of para-hydroxylation sites is 1. The number of thioether (sulfide) groups is 1. The molecule has 5 nitrogen and oxygen atoms in total. The van der Waals surface area contributed by atoms with Gasteiger partial charge in [0.1, 0.15) is 11.1 Å². The van der Waals surface area contributed by atoms with E-state index in [1.54, 1.807) is 30.8 Å².